The molecule has 0 bridgehead atoms. The Balaban J connectivity index is 2.56. The SMILES string of the molecule is CN(Cc1ccc(O)cc1)C(=O)CC(N)C(C)(C)C. The molecule has 0 aliphatic heterocycles. The molecule has 1 rings (SSSR count). The highest BCUT2D eigenvalue weighted by atomic mass is 16.3. The van der Waals surface area contributed by atoms with Gasteiger partial charge in [-0.05, 0) is 23.1 Å². The van der Waals surface area contributed by atoms with Crippen molar-refractivity contribution >= 4 is 5.91 Å². The third-order valence-corrected chi connectivity index (χ3v) is 3.29. The average Bonchev–Trinajstić information content (AvgIpc) is 2.30. The average molecular weight is 264 g/mol. The standard InChI is InChI=1S/C15H24N2O2/c1-15(2,3)13(16)9-14(19)17(4)10-11-5-7-12(18)8-6-11/h5-8,13,18H,9-10,16H2,1-4H3. The van der Waals surface area contributed by atoms with E-state index < -0.39 is 0 Å². The van der Waals surface area contributed by atoms with Gasteiger partial charge in [0.25, 0.3) is 0 Å². The van der Waals surface area contributed by atoms with Gasteiger partial charge in [0.1, 0.15) is 5.75 Å². The number of nitrogens with two attached hydrogens (primary N) is 1. The molecule has 1 unspecified atom stereocenters. The number of phenols is 1. The minimum atomic E-state index is -0.151. The Morgan fingerprint density at radius 3 is 2.32 bits per heavy atom. The van der Waals surface area contributed by atoms with E-state index >= 15 is 0 Å². The molecule has 0 fully saturated rings. The van der Waals surface area contributed by atoms with Gasteiger partial charge in [0.2, 0.25) is 5.91 Å². The maximum atomic E-state index is 12.1. The summed E-state index contributed by atoms with van der Waals surface area (Å²) in [6.45, 7) is 6.62. The molecule has 1 aromatic carbocycles. The fraction of sp³-hybridized carbons (Fsp3) is 0.533. The van der Waals surface area contributed by atoms with E-state index in [2.05, 4.69) is 0 Å². The molecule has 3 N–H and O–H groups in total. The number of amides is 1. The van der Waals surface area contributed by atoms with Crippen LogP contribution in [0.15, 0.2) is 24.3 Å². The molecule has 4 nitrogen and oxygen atoms in total. The molecule has 1 aromatic rings. The van der Waals surface area contributed by atoms with Gasteiger partial charge in [0.15, 0.2) is 0 Å². The molecule has 1 atom stereocenters. The van der Waals surface area contributed by atoms with Gasteiger partial charge in [-0.15, -0.1) is 0 Å². The summed E-state index contributed by atoms with van der Waals surface area (Å²) >= 11 is 0. The number of aromatic hydroxyl groups is 1. The largest absolute Gasteiger partial charge is 0.508 e. The molecular formula is C15H24N2O2. The van der Waals surface area contributed by atoms with Crippen molar-refractivity contribution in [2.24, 2.45) is 11.1 Å². The van der Waals surface area contributed by atoms with Gasteiger partial charge in [0, 0.05) is 26.1 Å². The van der Waals surface area contributed by atoms with E-state index in [0.29, 0.717) is 13.0 Å². The second-order valence-corrected chi connectivity index (χ2v) is 6.09. The summed E-state index contributed by atoms with van der Waals surface area (Å²) in [6.07, 6.45) is 0.345. The number of hydrogen-bond acceptors (Lipinski definition) is 3. The Labute approximate surface area is 115 Å². The maximum absolute atomic E-state index is 12.1. The normalized spacial score (nSPS) is 13.1. The van der Waals surface area contributed by atoms with E-state index in [1.54, 1.807) is 24.1 Å². The van der Waals surface area contributed by atoms with Crippen molar-refractivity contribution in [3.05, 3.63) is 29.8 Å². The van der Waals surface area contributed by atoms with Gasteiger partial charge in [-0.1, -0.05) is 32.9 Å². The van der Waals surface area contributed by atoms with Crippen molar-refractivity contribution in [1.82, 2.24) is 4.90 Å². The van der Waals surface area contributed by atoms with Crippen molar-refractivity contribution in [1.29, 1.82) is 0 Å². The van der Waals surface area contributed by atoms with E-state index in [0.717, 1.165) is 5.56 Å². The molecule has 4 heteroatoms. The van der Waals surface area contributed by atoms with Crippen molar-refractivity contribution in [3.63, 3.8) is 0 Å². The molecule has 0 aliphatic rings. The quantitative estimate of drug-likeness (QED) is 0.875. The highest BCUT2D eigenvalue weighted by Gasteiger charge is 2.24. The van der Waals surface area contributed by atoms with Crippen LogP contribution in [0.2, 0.25) is 0 Å². The zero-order chi connectivity index (χ0) is 14.6. The number of hydrogen-bond donors (Lipinski definition) is 2. The van der Waals surface area contributed by atoms with E-state index in [1.165, 1.54) is 0 Å². The molecule has 0 spiro atoms. The fourth-order valence-electron chi connectivity index (χ4n) is 1.61. The number of nitrogens with zero attached hydrogens (tertiary/aromatic N) is 1. The van der Waals surface area contributed by atoms with Crippen molar-refractivity contribution < 1.29 is 9.90 Å². The van der Waals surface area contributed by atoms with Crippen LogP contribution in [0.5, 0.6) is 5.75 Å². The Morgan fingerprint density at radius 1 is 1.32 bits per heavy atom. The summed E-state index contributed by atoms with van der Waals surface area (Å²) in [4.78, 5) is 13.7. The van der Waals surface area contributed by atoms with Crippen LogP contribution in [0.4, 0.5) is 0 Å². The molecule has 0 saturated carbocycles. The highest BCUT2D eigenvalue weighted by molar-refractivity contribution is 5.76. The van der Waals surface area contributed by atoms with Gasteiger partial charge in [-0.25, -0.2) is 0 Å². The number of carbonyl (C=O) groups is 1. The van der Waals surface area contributed by atoms with E-state index in [9.17, 15) is 9.90 Å². The van der Waals surface area contributed by atoms with Crippen LogP contribution in [0.3, 0.4) is 0 Å². The third kappa shape index (κ3) is 4.91. The van der Waals surface area contributed by atoms with Crippen LogP contribution in [-0.2, 0) is 11.3 Å². The van der Waals surface area contributed by atoms with E-state index in [-0.39, 0.29) is 23.1 Å². The van der Waals surface area contributed by atoms with Crippen LogP contribution in [0.25, 0.3) is 0 Å². The Kier molecular flexibility index (Phi) is 4.95. The molecule has 0 saturated heterocycles. The fourth-order valence-corrected chi connectivity index (χ4v) is 1.61. The number of rotatable bonds is 4. The molecule has 0 aromatic heterocycles. The van der Waals surface area contributed by atoms with Crippen LogP contribution in [0, 0.1) is 5.41 Å². The van der Waals surface area contributed by atoms with Crippen LogP contribution in [0.1, 0.15) is 32.8 Å². The summed E-state index contributed by atoms with van der Waals surface area (Å²) in [5.74, 6) is 0.267. The van der Waals surface area contributed by atoms with E-state index in [4.69, 9.17) is 5.73 Å². The molecule has 106 valence electrons. The molecule has 0 aliphatic carbocycles. The van der Waals surface area contributed by atoms with Crippen molar-refractivity contribution in [2.75, 3.05) is 7.05 Å². The van der Waals surface area contributed by atoms with E-state index in [1.807, 2.05) is 32.9 Å². The van der Waals surface area contributed by atoms with Gasteiger partial charge in [0.05, 0.1) is 0 Å². The first-order chi connectivity index (χ1) is 8.70. The summed E-state index contributed by atoms with van der Waals surface area (Å²) < 4.78 is 0. The van der Waals surface area contributed by atoms with Crippen LogP contribution in [-0.4, -0.2) is 29.0 Å². The number of benzene rings is 1. The predicted octanol–water partition coefficient (Wildman–Crippen LogP) is 2.11. The van der Waals surface area contributed by atoms with Gasteiger partial charge >= 0.3 is 0 Å². The van der Waals surface area contributed by atoms with Crippen LogP contribution < -0.4 is 5.73 Å². The first-order valence-corrected chi connectivity index (χ1v) is 6.47. The lowest BCUT2D eigenvalue weighted by Crippen LogP contribution is -2.40. The lowest BCUT2D eigenvalue weighted by atomic mass is 9.85. The van der Waals surface area contributed by atoms with Gasteiger partial charge in [-0.2, -0.15) is 0 Å². The molecule has 1 amide bonds. The second-order valence-electron chi connectivity index (χ2n) is 6.09. The molecular weight excluding hydrogens is 240 g/mol. The van der Waals surface area contributed by atoms with Gasteiger partial charge in [-0.3, -0.25) is 4.79 Å². The highest BCUT2D eigenvalue weighted by Crippen LogP contribution is 2.20. The maximum Gasteiger partial charge on any atom is 0.224 e. The predicted molar refractivity (Wildman–Crippen MR) is 76.6 cm³/mol. The minimum Gasteiger partial charge on any atom is -0.508 e. The Bertz CT molecular complexity index is 421. The second kappa shape index (κ2) is 6.06. The lowest BCUT2D eigenvalue weighted by Gasteiger charge is -2.28. The third-order valence-electron chi connectivity index (χ3n) is 3.29. The lowest BCUT2D eigenvalue weighted by molar-refractivity contribution is -0.131. The Hall–Kier alpha value is -1.55. The zero-order valence-corrected chi connectivity index (χ0v) is 12.2. The number of carbonyl (C=O) groups excluding carboxylic acids is 1. The van der Waals surface area contributed by atoms with Crippen LogP contribution >= 0.6 is 0 Å². The topological polar surface area (TPSA) is 66.6 Å². The smallest absolute Gasteiger partial charge is 0.224 e. The molecule has 0 radical (unpaired) electrons. The summed E-state index contributed by atoms with van der Waals surface area (Å²) in [5.41, 5.74) is 6.93. The van der Waals surface area contributed by atoms with Gasteiger partial charge < -0.3 is 15.7 Å². The first kappa shape index (κ1) is 15.5. The number of phenolic OH excluding ortho intramolecular Hbond substituents is 1. The summed E-state index contributed by atoms with van der Waals surface area (Å²) in [6, 6.07) is 6.71. The summed E-state index contributed by atoms with van der Waals surface area (Å²) in [7, 11) is 1.77. The molecule has 19 heavy (non-hydrogen) atoms. The van der Waals surface area contributed by atoms with Crippen molar-refractivity contribution in [2.45, 2.75) is 39.8 Å². The monoisotopic (exact) mass is 264 g/mol. The zero-order valence-electron chi connectivity index (χ0n) is 12.2. The summed E-state index contributed by atoms with van der Waals surface area (Å²) in [5, 5.41) is 9.21. The first-order valence-electron chi connectivity index (χ1n) is 6.47. The Morgan fingerprint density at radius 2 is 1.84 bits per heavy atom. The van der Waals surface area contributed by atoms with Crippen molar-refractivity contribution in [3.8, 4) is 5.75 Å². The minimum absolute atomic E-state index is 0.0375. The molecule has 0 heterocycles.